The lowest BCUT2D eigenvalue weighted by Crippen LogP contribution is -2.50. The number of likely N-dealkylation sites (tertiary alicyclic amines) is 1. The molecule has 158 valence electrons. The number of aromatic nitrogens is 1. The molecule has 0 bridgehead atoms. The van der Waals surface area contributed by atoms with Gasteiger partial charge >= 0.3 is 6.09 Å². The van der Waals surface area contributed by atoms with E-state index in [9.17, 15) is 14.7 Å². The summed E-state index contributed by atoms with van der Waals surface area (Å²) in [5.74, 6) is 1.09. The second kappa shape index (κ2) is 7.82. The van der Waals surface area contributed by atoms with Crippen LogP contribution in [-0.4, -0.2) is 63.9 Å². The van der Waals surface area contributed by atoms with E-state index >= 15 is 0 Å². The van der Waals surface area contributed by atoms with Crippen molar-refractivity contribution in [2.45, 2.75) is 64.0 Å². The van der Waals surface area contributed by atoms with E-state index in [0.29, 0.717) is 12.2 Å². The molecular weight excluding hydrogens is 372 g/mol. The number of piperidine rings is 1. The van der Waals surface area contributed by atoms with Crippen molar-refractivity contribution in [1.29, 1.82) is 0 Å². The summed E-state index contributed by atoms with van der Waals surface area (Å²) >= 11 is 0. The van der Waals surface area contributed by atoms with E-state index in [4.69, 9.17) is 5.11 Å². The van der Waals surface area contributed by atoms with Gasteiger partial charge in [-0.25, -0.2) is 9.78 Å². The summed E-state index contributed by atoms with van der Waals surface area (Å²) in [4.78, 5) is 33.1. The number of anilines is 2. The summed E-state index contributed by atoms with van der Waals surface area (Å²) < 4.78 is 0. The molecule has 1 atom stereocenters. The summed E-state index contributed by atoms with van der Waals surface area (Å²) in [5.41, 5.74) is 1.00. The van der Waals surface area contributed by atoms with Crippen LogP contribution in [0.2, 0.25) is 0 Å². The van der Waals surface area contributed by atoms with Gasteiger partial charge in [-0.3, -0.25) is 10.1 Å². The molecule has 3 fully saturated rings. The fourth-order valence-corrected chi connectivity index (χ4v) is 5.35. The van der Waals surface area contributed by atoms with E-state index in [1.165, 1.54) is 6.20 Å². The van der Waals surface area contributed by atoms with Crippen LogP contribution in [0.1, 0.15) is 50.5 Å². The van der Waals surface area contributed by atoms with Crippen molar-refractivity contribution >= 4 is 23.5 Å². The number of amides is 2. The number of nitrogens with one attached hydrogen (secondary N) is 1. The Bertz CT molecular complexity index is 793. The van der Waals surface area contributed by atoms with Gasteiger partial charge in [-0.1, -0.05) is 0 Å². The number of carboxylic acid groups (broad SMARTS) is 1. The van der Waals surface area contributed by atoms with E-state index in [-0.39, 0.29) is 23.5 Å². The van der Waals surface area contributed by atoms with Gasteiger partial charge in [0.2, 0.25) is 5.91 Å². The zero-order valence-electron chi connectivity index (χ0n) is 16.9. The summed E-state index contributed by atoms with van der Waals surface area (Å²) in [6.07, 6.45) is 6.30. The van der Waals surface area contributed by atoms with Crippen LogP contribution in [0, 0.1) is 12.3 Å². The van der Waals surface area contributed by atoms with Gasteiger partial charge in [0.05, 0.1) is 23.4 Å². The fourth-order valence-electron chi connectivity index (χ4n) is 5.35. The van der Waals surface area contributed by atoms with Crippen molar-refractivity contribution in [2.24, 2.45) is 5.41 Å². The van der Waals surface area contributed by atoms with Gasteiger partial charge in [-0.15, -0.1) is 0 Å². The average Bonchev–Trinajstić information content (AvgIpc) is 2.98. The van der Waals surface area contributed by atoms with Crippen LogP contribution in [0.3, 0.4) is 0 Å². The number of hydrogen-bond acceptors (Lipinski definition) is 5. The number of carbonyl (C=O) groups excluding carboxylic acids is 1. The SMILES string of the molecule is Cc1cc(NC(=O)O)cnc1N1CCCC2(CCN(C3CCC(O)CC3)C2=O)C1. The molecule has 3 aliphatic rings. The lowest BCUT2D eigenvalue weighted by atomic mass is 9.78. The Labute approximate surface area is 170 Å². The maximum Gasteiger partial charge on any atom is 0.409 e. The molecular formula is C21H30N4O4. The molecule has 4 rings (SSSR count). The standard InChI is InChI=1S/C21H30N4O4/c1-14-11-15(23-20(28)29)12-22-18(14)24-9-2-7-21(13-24)8-10-25(19(21)27)16-3-5-17(26)6-4-16/h11-12,16-17,23,26H,2-10,13H2,1H3,(H,28,29). The number of pyridine rings is 1. The molecule has 2 aliphatic heterocycles. The average molecular weight is 402 g/mol. The molecule has 29 heavy (non-hydrogen) atoms. The van der Waals surface area contributed by atoms with Crippen LogP contribution in [0.15, 0.2) is 12.3 Å². The van der Waals surface area contributed by atoms with Crippen LogP contribution in [-0.2, 0) is 4.79 Å². The van der Waals surface area contributed by atoms with Crippen LogP contribution in [0.5, 0.6) is 0 Å². The van der Waals surface area contributed by atoms with E-state index in [1.807, 2.05) is 6.92 Å². The van der Waals surface area contributed by atoms with Crippen molar-refractivity contribution in [2.75, 3.05) is 29.9 Å². The minimum atomic E-state index is -1.11. The number of rotatable bonds is 3. The van der Waals surface area contributed by atoms with Crippen LogP contribution >= 0.6 is 0 Å². The largest absolute Gasteiger partial charge is 0.465 e. The number of aliphatic hydroxyl groups is 1. The number of nitrogens with zero attached hydrogens (tertiary/aromatic N) is 3. The normalized spacial score (nSPS) is 30.1. The highest BCUT2D eigenvalue weighted by Crippen LogP contribution is 2.43. The third-order valence-corrected chi connectivity index (χ3v) is 6.83. The van der Waals surface area contributed by atoms with Crippen molar-refractivity contribution < 1.29 is 19.8 Å². The second-order valence-corrected chi connectivity index (χ2v) is 8.81. The number of carbonyl (C=O) groups is 2. The maximum absolute atomic E-state index is 13.4. The van der Waals surface area contributed by atoms with Crippen molar-refractivity contribution in [3.63, 3.8) is 0 Å². The first kappa shape index (κ1) is 19.9. The second-order valence-electron chi connectivity index (χ2n) is 8.81. The molecule has 1 aliphatic carbocycles. The Hall–Kier alpha value is -2.35. The van der Waals surface area contributed by atoms with Gasteiger partial charge in [-0.2, -0.15) is 0 Å². The Kier molecular flexibility index (Phi) is 5.38. The smallest absolute Gasteiger partial charge is 0.409 e. The zero-order valence-corrected chi connectivity index (χ0v) is 16.9. The van der Waals surface area contributed by atoms with Gasteiger partial charge in [0, 0.05) is 25.7 Å². The van der Waals surface area contributed by atoms with Gasteiger partial charge in [-0.05, 0) is 63.5 Å². The van der Waals surface area contributed by atoms with E-state index < -0.39 is 6.09 Å². The molecule has 1 spiro atoms. The summed E-state index contributed by atoms with van der Waals surface area (Å²) in [5, 5.41) is 21.0. The molecule has 8 heteroatoms. The topological polar surface area (TPSA) is 106 Å². The molecule has 2 amide bonds. The predicted molar refractivity (Wildman–Crippen MR) is 109 cm³/mol. The number of aliphatic hydroxyl groups excluding tert-OH is 1. The minimum Gasteiger partial charge on any atom is -0.465 e. The number of aryl methyl sites for hydroxylation is 1. The molecule has 1 unspecified atom stereocenters. The summed E-state index contributed by atoms with van der Waals surface area (Å²) in [6.45, 7) is 4.25. The quantitative estimate of drug-likeness (QED) is 0.718. The molecule has 2 saturated heterocycles. The van der Waals surface area contributed by atoms with Crippen LogP contribution in [0.25, 0.3) is 0 Å². The molecule has 3 N–H and O–H groups in total. The van der Waals surface area contributed by atoms with Crippen molar-refractivity contribution in [3.05, 3.63) is 17.8 Å². The lowest BCUT2D eigenvalue weighted by Gasteiger charge is -2.41. The third-order valence-electron chi connectivity index (χ3n) is 6.83. The first-order valence-corrected chi connectivity index (χ1v) is 10.6. The van der Waals surface area contributed by atoms with Crippen LogP contribution < -0.4 is 10.2 Å². The van der Waals surface area contributed by atoms with Crippen molar-refractivity contribution in [3.8, 4) is 0 Å². The van der Waals surface area contributed by atoms with Gasteiger partial charge in [0.25, 0.3) is 0 Å². The molecule has 8 nitrogen and oxygen atoms in total. The highest BCUT2D eigenvalue weighted by Gasteiger charge is 2.50. The molecule has 1 aromatic heterocycles. The monoisotopic (exact) mass is 402 g/mol. The first-order valence-electron chi connectivity index (χ1n) is 10.6. The van der Waals surface area contributed by atoms with Gasteiger partial charge in [0.15, 0.2) is 0 Å². The third kappa shape index (κ3) is 3.90. The van der Waals surface area contributed by atoms with Crippen molar-refractivity contribution in [1.82, 2.24) is 9.88 Å². The van der Waals surface area contributed by atoms with E-state index in [2.05, 4.69) is 20.1 Å². The Balaban J connectivity index is 1.48. The molecule has 0 aromatic carbocycles. The highest BCUT2D eigenvalue weighted by atomic mass is 16.4. The minimum absolute atomic E-state index is 0.212. The van der Waals surface area contributed by atoms with E-state index in [0.717, 1.165) is 69.4 Å². The van der Waals surface area contributed by atoms with E-state index in [1.54, 1.807) is 6.07 Å². The molecule has 0 radical (unpaired) electrons. The van der Waals surface area contributed by atoms with Gasteiger partial charge in [0.1, 0.15) is 5.82 Å². The maximum atomic E-state index is 13.4. The Morgan fingerprint density at radius 3 is 2.69 bits per heavy atom. The first-order chi connectivity index (χ1) is 13.9. The predicted octanol–water partition coefficient (Wildman–Crippen LogP) is 2.60. The fraction of sp³-hybridized carbons (Fsp3) is 0.667. The Morgan fingerprint density at radius 2 is 2.00 bits per heavy atom. The lowest BCUT2D eigenvalue weighted by molar-refractivity contribution is -0.139. The molecule has 3 heterocycles. The summed E-state index contributed by atoms with van der Waals surface area (Å²) in [6, 6.07) is 2.05. The Morgan fingerprint density at radius 1 is 1.24 bits per heavy atom. The molecule has 1 saturated carbocycles. The zero-order chi connectivity index (χ0) is 20.6. The molecule has 1 aromatic rings. The number of hydrogen-bond donors (Lipinski definition) is 3. The van der Waals surface area contributed by atoms with Crippen LogP contribution in [0.4, 0.5) is 16.3 Å². The highest BCUT2D eigenvalue weighted by molar-refractivity contribution is 5.86. The summed E-state index contributed by atoms with van der Waals surface area (Å²) in [7, 11) is 0. The van der Waals surface area contributed by atoms with Gasteiger partial charge < -0.3 is 20.0 Å².